The number of benzene rings is 1. The molecule has 2 aromatic heterocycles. The number of carbonyl (C=O) groups is 1. The number of nitrogens with one attached hydrogen (secondary N) is 1. The van der Waals surface area contributed by atoms with Gasteiger partial charge in [-0.15, -0.1) is 0 Å². The van der Waals surface area contributed by atoms with Crippen molar-refractivity contribution in [1.29, 1.82) is 0 Å². The second-order valence-electron chi connectivity index (χ2n) is 6.73. The number of carbonyl (C=O) groups excluding carboxylic acids is 1. The number of aromatic nitrogens is 3. The highest BCUT2D eigenvalue weighted by Gasteiger charge is 2.27. The number of hydrogen-bond acceptors (Lipinski definition) is 5. The fraction of sp³-hybridized carbons (Fsp3) is 0.316. The molecule has 3 aromatic rings. The Morgan fingerprint density at radius 2 is 2.22 bits per heavy atom. The number of ether oxygens (including phenoxy) is 1. The first kappa shape index (κ1) is 17.8. The minimum absolute atomic E-state index is 0.244. The Kier molecular flexibility index (Phi) is 4.98. The van der Waals surface area contributed by atoms with E-state index in [2.05, 4.69) is 38.4 Å². The van der Waals surface area contributed by atoms with Crippen LogP contribution in [0.5, 0.6) is 5.75 Å². The van der Waals surface area contributed by atoms with Gasteiger partial charge in [-0.2, -0.15) is 5.10 Å². The summed E-state index contributed by atoms with van der Waals surface area (Å²) in [6.45, 7) is 2.42. The summed E-state index contributed by atoms with van der Waals surface area (Å²) in [6, 6.07) is 7.54. The van der Waals surface area contributed by atoms with E-state index < -0.39 is 0 Å². The summed E-state index contributed by atoms with van der Waals surface area (Å²) in [5.41, 5.74) is 1.88. The average molecular weight is 431 g/mol. The first-order valence-electron chi connectivity index (χ1n) is 8.78. The van der Waals surface area contributed by atoms with Crippen molar-refractivity contribution in [1.82, 2.24) is 14.9 Å². The van der Waals surface area contributed by atoms with Gasteiger partial charge in [0, 0.05) is 16.5 Å². The summed E-state index contributed by atoms with van der Waals surface area (Å²) >= 11 is 3.38. The minimum atomic E-state index is -0.275. The summed E-state index contributed by atoms with van der Waals surface area (Å²) < 4.78 is 13.6. The van der Waals surface area contributed by atoms with E-state index in [0.717, 1.165) is 40.8 Å². The number of halogens is 1. The van der Waals surface area contributed by atoms with Crippen LogP contribution in [0.1, 0.15) is 35.2 Å². The molecule has 0 aliphatic heterocycles. The van der Waals surface area contributed by atoms with Crippen LogP contribution in [-0.4, -0.2) is 20.8 Å². The third-order valence-electron chi connectivity index (χ3n) is 4.57. The maximum Gasteiger partial charge on any atom is 0.278 e. The van der Waals surface area contributed by atoms with E-state index in [1.165, 1.54) is 0 Å². The Morgan fingerprint density at radius 3 is 3.04 bits per heavy atom. The molecular formula is C19H19BrN4O3. The summed E-state index contributed by atoms with van der Waals surface area (Å²) in [4.78, 5) is 12.6. The van der Waals surface area contributed by atoms with Crippen LogP contribution in [0.3, 0.4) is 0 Å². The minimum Gasteiger partial charge on any atom is -0.471 e. The normalized spacial score (nSPS) is 16.0. The van der Waals surface area contributed by atoms with Gasteiger partial charge in [-0.1, -0.05) is 28.0 Å². The molecule has 0 spiro atoms. The topological polar surface area (TPSA) is 82.2 Å². The molecule has 1 unspecified atom stereocenters. The van der Waals surface area contributed by atoms with E-state index >= 15 is 0 Å². The van der Waals surface area contributed by atoms with Crippen LogP contribution in [-0.2, 0) is 19.6 Å². The van der Waals surface area contributed by atoms with Crippen molar-refractivity contribution in [2.24, 2.45) is 5.92 Å². The van der Waals surface area contributed by atoms with E-state index in [1.54, 1.807) is 17.1 Å². The number of aryl methyl sites for hydroxylation is 1. The summed E-state index contributed by atoms with van der Waals surface area (Å²) in [7, 11) is 0. The maximum atomic E-state index is 12.6. The quantitative estimate of drug-likeness (QED) is 0.659. The molecule has 1 N–H and O–H groups in total. The molecule has 0 saturated carbocycles. The number of anilines is 1. The lowest BCUT2D eigenvalue weighted by molar-refractivity contribution is 0.101. The summed E-state index contributed by atoms with van der Waals surface area (Å²) in [5.74, 6) is 1.82. The van der Waals surface area contributed by atoms with Crippen LogP contribution in [0.25, 0.3) is 0 Å². The number of rotatable bonds is 5. The molecule has 1 aliphatic rings. The number of fused-ring (bicyclic) bond motifs is 1. The fourth-order valence-electron chi connectivity index (χ4n) is 3.12. The lowest BCUT2D eigenvalue weighted by Gasteiger charge is -2.16. The molecule has 2 heterocycles. The van der Waals surface area contributed by atoms with Crippen molar-refractivity contribution >= 4 is 27.5 Å². The van der Waals surface area contributed by atoms with Crippen molar-refractivity contribution in [3.8, 4) is 5.75 Å². The van der Waals surface area contributed by atoms with Gasteiger partial charge in [-0.3, -0.25) is 4.79 Å². The Hall–Kier alpha value is -2.61. The molecular weight excluding hydrogens is 412 g/mol. The van der Waals surface area contributed by atoms with Gasteiger partial charge in [0.1, 0.15) is 11.5 Å². The van der Waals surface area contributed by atoms with E-state index in [4.69, 9.17) is 9.26 Å². The molecule has 1 amide bonds. The molecule has 7 nitrogen and oxygen atoms in total. The Bertz CT molecular complexity index is 948. The second kappa shape index (κ2) is 7.56. The van der Waals surface area contributed by atoms with Crippen molar-refractivity contribution in [2.45, 2.75) is 32.9 Å². The molecule has 0 radical (unpaired) electrons. The molecule has 4 rings (SSSR count). The van der Waals surface area contributed by atoms with Gasteiger partial charge in [-0.05, 0) is 43.0 Å². The standard InChI is InChI=1S/C19H19BrN4O3/c1-12-2-7-17-16(8-12)18(23-27-17)19(25)22-14-9-21-24(10-14)11-26-15-5-3-13(20)4-6-15/h3-6,9-10,12H,2,7-8,11H2,1H3,(H,22,25). The highest BCUT2D eigenvalue weighted by atomic mass is 79.9. The lowest BCUT2D eigenvalue weighted by atomic mass is 9.88. The molecule has 0 fully saturated rings. The molecule has 8 heteroatoms. The van der Waals surface area contributed by atoms with Crippen LogP contribution in [0.15, 0.2) is 45.7 Å². The lowest BCUT2D eigenvalue weighted by Crippen LogP contribution is -2.17. The largest absolute Gasteiger partial charge is 0.471 e. The van der Waals surface area contributed by atoms with Crippen molar-refractivity contribution in [3.05, 3.63) is 58.1 Å². The molecule has 27 heavy (non-hydrogen) atoms. The van der Waals surface area contributed by atoms with Crippen molar-refractivity contribution in [3.63, 3.8) is 0 Å². The van der Waals surface area contributed by atoms with Gasteiger partial charge < -0.3 is 14.6 Å². The van der Waals surface area contributed by atoms with Gasteiger partial charge in [0.05, 0.1) is 18.1 Å². The molecule has 1 aromatic carbocycles. The predicted octanol–water partition coefficient (Wildman–Crippen LogP) is 4.05. The van der Waals surface area contributed by atoms with Crippen LogP contribution < -0.4 is 10.1 Å². The predicted molar refractivity (Wildman–Crippen MR) is 103 cm³/mol. The third-order valence-corrected chi connectivity index (χ3v) is 5.10. The zero-order valence-electron chi connectivity index (χ0n) is 14.8. The number of nitrogens with zero attached hydrogens (tertiary/aromatic N) is 3. The van der Waals surface area contributed by atoms with Crippen LogP contribution >= 0.6 is 15.9 Å². The van der Waals surface area contributed by atoms with Crippen molar-refractivity contribution < 1.29 is 14.1 Å². The Labute approximate surface area is 164 Å². The molecule has 0 saturated heterocycles. The molecule has 1 atom stereocenters. The zero-order valence-corrected chi connectivity index (χ0v) is 16.4. The molecule has 0 bridgehead atoms. The molecule has 1 aliphatic carbocycles. The number of amides is 1. The zero-order chi connectivity index (χ0) is 18.8. The Morgan fingerprint density at radius 1 is 1.41 bits per heavy atom. The van der Waals surface area contributed by atoms with Gasteiger partial charge in [0.2, 0.25) is 0 Å². The monoisotopic (exact) mass is 430 g/mol. The van der Waals surface area contributed by atoms with Gasteiger partial charge >= 0.3 is 0 Å². The first-order chi connectivity index (χ1) is 13.1. The number of hydrogen-bond donors (Lipinski definition) is 1. The van der Waals surface area contributed by atoms with Gasteiger partial charge in [0.25, 0.3) is 5.91 Å². The van der Waals surface area contributed by atoms with E-state index in [-0.39, 0.29) is 12.6 Å². The fourth-order valence-corrected chi connectivity index (χ4v) is 3.38. The van der Waals surface area contributed by atoms with Crippen LogP contribution in [0.2, 0.25) is 0 Å². The molecule has 140 valence electrons. The highest BCUT2D eigenvalue weighted by molar-refractivity contribution is 9.10. The van der Waals surface area contributed by atoms with Gasteiger partial charge in [-0.25, -0.2) is 4.68 Å². The van der Waals surface area contributed by atoms with Crippen molar-refractivity contribution in [2.75, 3.05) is 5.32 Å². The summed E-state index contributed by atoms with van der Waals surface area (Å²) in [5, 5.41) is 11.0. The third kappa shape index (κ3) is 4.05. The SMILES string of the molecule is CC1CCc2onc(C(=O)Nc3cnn(COc4ccc(Br)cc4)c3)c2C1. The summed E-state index contributed by atoms with van der Waals surface area (Å²) in [6.07, 6.45) is 6.02. The highest BCUT2D eigenvalue weighted by Crippen LogP contribution is 2.28. The van der Waals surface area contributed by atoms with E-state index in [0.29, 0.717) is 17.3 Å². The first-order valence-corrected chi connectivity index (χ1v) is 9.57. The van der Waals surface area contributed by atoms with E-state index in [9.17, 15) is 4.79 Å². The van der Waals surface area contributed by atoms with Gasteiger partial charge in [0.15, 0.2) is 12.4 Å². The maximum absolute atomic E-state index is 12.6. The Balaban J connectivity index is 1.38. The van der Waals surface area contributed by atoms with Crippen LogP contribution in [0.4, 0.5) is 5.69 Å². The second-order valence-corrected chi connectivity index (χ2v) is 7.65. The van der Waals surface area contributed by atoms with Crippen LogP contribution in [0, 0.1) is 5.92 Å². The van der Waals surface area contributed by atoms with E-state index in [1.807, 2.05) is 24.3 Å². The average Bonchev–Trinajstić information content (AvgIpc) is 3.27. The smallest absolute Gasteiger partial charge is 0.278 e.